The van der Waals surface area contributed by atoms with Crippen LogP contribution in [0.1, 0.15) is 15.9 Å². The van der Waals surface area contributed by atoms with Gasteiger partial charge in [0, 0.05) is 16.3 Å². The number of hydrogen-bond acceptors (Lipinski definition) is 6. The number of benzene rings is 2. The summed E-state index contributed by atoms with van der Waals surface area (Å²) in [5.41, 5.74) is 1.73. The summed E-state index contributed by atoms with van der Waals surface area (Å²) in [7, 11) is -3.91. The molecule has 0 aliphatic carbocycles. The minimum atomic E-state index is -3.91. The van der Waals surface area contributed by atoms with Crippen LogP contribution in [0.15, 0.2) is 52.9 Å². The number of aryl methyl sites for hydroxylation is 1. The molecule has 0 aliphatic rings. The molecule has 0 saturated heterocycles. The largest absolute Gasteiger partial charge is 0.296 e. The van der Waals surface area contributed by atoms with Crippen molar-refractivity contribution < 1.29 is 13.2 Å². The third-order valence-electron chi connectivity index (χ3n) is 3.23. The standard InChI is InChI=1S/C16H13ClN4O3S2/c1-10-3-2-4-11(9-10)14(22)18-15-19-20-16(25-15)26(23,24)21-13-7-5-12(17)6-8-13/h2-9,21H,1H3,(H,18,19,22). The average molecular weight is 409 g/mol. The number of anilines is 2. The third-order valence-corrected chi connectivity index (χ3v) is 6.07. The van der Waals surface area contributed by atoms with Crippen molar-refractivity contribution in [3.63, 3.8) is 0 Å². The molecule has 0 atom stereocenters. The molecule has 2 N–H and O–H groups in total. The van der Waals surface area contributed by atoms with Crippen molar-refractivity contribution in [1.82, 2.24) is 10.2 Å². The zero-order chi connectivity index (χ0) is 18.7. The summed E-state index contributed by atoms with van der Waals surface area (Å²) in [6, 6.07) is 13.2. The summed E-state index contributed by atoms with van der Waals surface area (Å²) < 4.78 is 26.8. The molecule has 0 spiro atoms. The molecule has 0 radical (unpaired) electrons. The van der Waals surface area contributed by atoms with Gasteiger partial charge in [-0.3, -0.25) is 14.8 Å². The molecule has 26 heavy (non-hydrogen) atoms. The van der Waals surface area contributed by atoms with Gasteiger partial charge in [-0.25, -0.2) is 0 Å². The normalized spacial score (nSPS) is 11.2. The minimum Gasteiger partial charge on any atom is -0.296 e. The van der Waals surface area contributed by atoms with E-state index in [1.807, 2.05) is 13.0 Å². The number of hydrogen-bond donors (Lipinski definition) is 2. The number of rotatable bonds is 5. The summed E-state index contributed by atoms with van der Waals surface area (Å²) in [5.74, 6) is -0.389. The van der Waals surface area contributed by atoms with E-state index >= 15 is 0 Å². The molecule has 0 saturated carbocycles. The Balaban J connectivity index is 1.74. The molecule has 3 rings (SSSR count). The van der Waals surface area contributed by atoms with Gasteiger partial charge in [-0.1, -0.05) is 40.6 Å². The molecule has 7 nitrogen and oxygen atoms in total. The number of carbonyl (C=O) groups is 1. The van der Waals surface area contributed by atoms with Gasteiger partial charge >= 0.3 is 0 Å². The van der Waals surface area contributed by atoms with Crippen LogP contribution in [0.5, 0.6) is 0 Å². The van der Waals surface area contributed by atoms with Crippen molar-refractivity contribution in [1.29, 1.82) is 0 Å². The number of sulfonamides is 1. The maximum Gasteiger partial charge on any atom is 0.291 e. The monoisotopic (exact) mass is 408 g/mol. The number of halogens is 1. The molecular formula is C16H13ClN4O3S2. The molecule has 0 unspecified atom stereocenters. The Morgan fingerprint density at radius 2 is 1.85 bits per heavy atom. The molecule has 1 amide bonds. The Morgan fingerprint density at radius 1 is 1.12 bits per heavy atom. The van der Waals surface area contributed by atoms with Crippen LogP contribution in [-0.4, -0.2) is 24.5 Å². The van der Waals surface area contributed by atoms with E-state index in [2.05, 4.69) is 20.2 Å². The van der Waals surface area contributed by atoms with Crippen LogP contribution < -0.4 is 10.0 Å². The Kier molecular flexibility index (Phi) is 5.21. The molecule has 3 aromatic rings. The maximum atomic E-state index is 12.4. The van der Waals surface area contributed by atoms with Crippen LogP contribution in [0.3, 0.4) is 0 Å². The van der Waals surface area contributed by atoms with Crippen molar-refractivity contribution in [2.45, 2.75) is 11.3 Å². The molecule has 2 aromatic carbocycles. The predicted molar refractivity (Wildman–Crippen MR) is 101 cm³/mol. The Bertz CT molecular complexity index is 1050. The van der Waals surface area contributed by atoms with E-state index in [0.717, 1.165) is 16.9 Å². The lowest BCUT2D eigenvalue weighted by Crippen LogP contribution is -2.12. The first-order valence-corrected chi connectivity index (χ1v) is 10.0. The Morgan fingerprint density at radius 3 is 2.54 bits per heavy atom. The Hall–Kier alpha value is -2.49. The van der Waals surface area contributed by atoms with Gasteiger partial charge in [0.05, 0.1) is 0 Å². The van der Waals surface area contributed by atoms with E-state index in [-0.39, 0.29) is 15.4 Å². The fraction of sp³-hybridized carbons (Fsp3) is 0.0625. The van der Waals surface area contributed by atoms with Gasteiger partial charge < -0.3 is 0 Å². The number of nitrogens with one attached hydrogen (secondary N) is 2. The lowest BCUT2D eigenvalue weighted by molar-refractivity contribution is 0.102. The number of nitrogens with zero attached hydrogens (tertiary/aromatic N) is 2. The summed E-state index contributed by atoms with van der Waals surface area (Å²) in [5, 5.41) is 10.5. The lowest BCUT2D eigenvalue weighted by atomic mass is 10.1. The van der Waals surface area contributed by atoms with Gasteiger partial charge in [0.1, 0.15) is 0 Å². The number of amides is 1. The van der Waals surface area contributed by atoms with Gasteiger partial charge in [-0.2, -0.15) is 8.42 Å². The van der Waals surface area contributed by atoms with Crippen molar-refractivity contribution in [3.05, 3.63) is 64.7 Å². The fourth-order valence-corrected chi connectivity index (χ4v) is 4.12. The van der Waals surface area contributed by atoms with E-state index in [1.165, 1.54) is 12.1 Å². The van der Waals surface area contributed by atoms with E-state index in [9.17, 15) is 13.2 Å². The van der Waals surface area contributed by atoms with Crippen molar-refractivity contribution in [3.8, 4) is 0 Å². The fourth-order valence-electron chi connectivity index (χ4n) is 2.04. The second kappa shape index (κ2) is 7.40. The molecule has 0 fully saturated rings. The molecule has 0 aliphatic heterocycles. The van der Waals surface area contributed by atoms with Crippen LogP contribution in [0.25, 0.3) is 0 Å². The first kappa shape index (κ1) is 18.3. The lowest BCUT2D eigenvalue weighted by Gasteiger charge is -2.04. The van der Waals surface area contributed by atoms with Crippen molar-refractivity contribution in [2.75, 3.05) is 10.0 Å². The SMILES string of the molecule is Cc1cccc(C(=O)Nc2nnc(S(=O)(=O)Nc3ccc(Cl)cc3)s2)c1. The summed E-state index contributed by atoms with van der Waals surface area (Å²) in [4.78, 5) is 12.2. The van der Waals surface area contributed by atoms with Crippen LogP contribution in [0.2, 0.25) is 5.02 Å². The molecule has 1 heterocycles. The van der Waals surface area contributed by atoms with Gasteiger partial charge in [-0.05, 0) is 43.3 Å². The van der Waals surface area contributed by atoms with Crippen LogP contribution >= 0.6 is 22.9 Å². The first-order chi connectivity index (χ1) is 12.3. The summed E-state index contributed by atoms with van der Waals surface area (Å²) >= 11 is 6.53. The van der Waals surface area contributed by atoms with Crippen molar-refractivity contribution >= 4 is 49.7 Å². The molecule has 0 bridgehead atoms. The second-order valence-corrected chi connectivity index (χ2v) is 8.58. The van der Waals surface area contributed by atoms with Gasteiger partial charge in [0.25, 0.3) is 20.3 Å². The van der Waals surface area contributed by atoms with E-state index < -0.39 is 10.0 Å². The average Bonchev–Trinajstić information content (AvgIpc) is 3.06. The quantitative estimate of drug-likeness (QED) is 0.628. The molecule has 134 valence electrons. The second-order valence-electron chi connectivity index (χ2n) is 5.31. The highest BCUT2D eigenvalue weighted by atomic mass is 35.5. The van der Waals surface area contributed by atoms with E-state index in [0.29, 0.717) is 16.3 Å². The zero-order valence-corrected chi connectivity index (χ0v) is 15.8. The van der Waals surface area contributed by atoms with E-state index in [4.69, 9.17) is 11.6 Å². The third kappa shape index (κ3) is 4.37. The highest BCUT2D eigenvalue weighted by Crippen LogP contribution is 2.23. The Labute approximate surface area is 159 Å². The summed E-state index contributed by atoms with van der Waals surface area (Å²) in [6.07, 6.45) is 0. The number of aromatic nitrogens is 2. The minimum absolute atomic E-state index is 0.0907. The maximum absolute atomic E-state index is 12.4. The van der Waals surface area contributed by atoms with Crippen molar-refractivity contribution in [2.24, 2.45) is 0 Å². The molecule has 1 aromatic heterocycles. The number of carbonyl (C=O) groups excluding carboxylic acids is 1. The topological polar surface area (TPSA) is 101 Å². The molecular weight excluding hydrogens is 396 g/mol. The van der Waals surface area contributed by atoms with Crippen LogP contribution in [-0.2, 0) is 10.0 Å². The highest BCUT2D eigenvalue weighted by molar-refractivity contribution is 7.94. The van der Waals surface area contributed by atoms with Gasteiger partial charge in [-0.15, -0.1) is 10.2 Å². The van der Waals surface area contributed by atoms with Gasteiger partial charge in [0.2, 0.25) is 5.13 Å². The first-order valence-electron chi connectivity index (χ1n) is 7.33. The predicted octanol–water partition coefficient (Wildman–Crippen LogP) is 3.55. The van der Waals surface area contributed by atoms with E-state index in [1.54, 1.807) is 30.3 Å². The smallest absolute Gasteiger partial charge is 0.291 e. The molecule has 10 heteroatoms. The zero-order valence-electron chi connectivity index (χ0n) is 13.4. The van der Waals surface area contributed by atoms with Gasteiger partial charge in [0.15, 0.2) is 0 Å². The van der Waals surface area contributed by atoms with Crippen LogP contribution in [0, 0.1) is 6.92 Å². The van der Waals surface area contributed by atoms with Crippen LogP contribution in [0.4, 0.5) is 10.8 Å². The highest BCUT2D eigenvalue weighted by Gasteiger charge is 2.21. The summed E-state index contributed by atoms with van der Waals surface area (Å²) in [6.45, 7) is 1.87.